The van der Waals surface area contributed by atoms with Gasteiger partial charge in [0.2, 0.25) is 0 Å². The van der Waals surface area contributed by atoms with E-state index in [0.29, 0.717) is 15.9 Å². The number of rotatable bonds is 4. The first-order valence-corrected chi connectivity index (χ1v) is 9.33. The molecule has 3 rings (SSSR count). The van der Waals surface area contributed by atoms with Crippen LogP contribution in [0, 0.1) is 6.92 Å². The molecule has 0 bridgehead atoms. The average molecular weight is 375 g/mol. The molecule has 1 atom stereocenters. The van der Waals surface area contributed by atoms with E-state index in [9.17, 15) is 4.79 Å². The van der Waals surface area contributed by atoms with Crippen molar-refractivity contribution in [2.75, 3.05) is 5.75 Å². The number of carbonyl (C=O) groups is 1. The van der Waals surface area contributed by atoms with Crippen LogP contribution < -0.4 is 5.73 Å². The van der Waals surface area contributed by atoms with E-state index in [2.05, 4.69) is 15.0 Å². The number of aromatic nitrogens is 2. The van der Waals surface area contributed by atoms with Gasteiger partial charge in [-0.3, -0.25) is 14.8 Å². The fraction of sp³-hybridized carbons (Fsp3) is 0.333. The van der Waals surface area contributed by atoms with Gasteiger partial charge in [0.05, 0.1) is 10.7 Å². The molecule has 0 fully saturated rings. The van der Waals surface area contributed by atoms with Crippen molar-refractivity contribution in [1.29, 1.82) is 0 Å². The second-order valence-corrected chi connectivity index (χ2v) is 7.84. The number of nitrogens with zero attached hydrogens (tertiary/aromatic N) is 3. The summed E-state index contributed by atoms with van der Waals surface area (Å²) in [5.74, 6) is 0.786. The molecule has 0 amide bonds. The molecule has 0 spiro atoms. The van der Waals surface area contributed by atoms with Gasteiger partial charge < -0.3 is 5.73 Å². The maximum Gasteiger partial charge on any atom is 0.187 e. The van der Waals surface area contributed by atoms with Crippen LogP contribution in [0.5, 0.6) is 0 Å². The zero-order valence-electron chi connectivity index (χ0n) is 14.1. The van der Waals surface area contributed by atoms with Gasteiger partial charge in [-0.2, -0.15) is 0 Å². The maximum absolute atomic E-state index is 12.5. The van der Waals surface area contributed by atoms with E-state index in [1.807, 2.05) is 26.0 Å². The van der Waals surface area contributed by atoms with Gasteiger partial charge in [0, 0.05) is 24.6 Å². The zero-order chi connectivity index (χ0) is 18.0. The van der Waals surface area contributed by atoms with Crippen LogP contribution in [0.15, 0.2) is 35.6 Å². The number of hydrogen-bond acceptors (Lipinski definition) is 6. The Morgan fingerprint density at radius 2 is 2.20 bits per heavy atom. The number of nitrogens with two attached hydrogens (primary N) is 1. The molecule has 2 aromatic heterocycles. The number of aryl methyl sites for hydroxylation is 1. The van der Waals surface area contributed by atoms with E-state index in [1.54, 1.807) is 30.2 Å². The Bertz CT molecular complexity index is 855. The third-order valence-electron chi connectivity index (χ3n) is 4.18. The Morgan fingerprint density at radius 1 is 1.40 bits per heavy atom. The molecule has 2 aromatic rings. The molecule has 0 saturated heterocycles. The van der Waals surface area contributed by atoms with E-state index in [-0.39, 0.29) is 12.2 Å². The molecule has 7 heteroatoms. The minimum absolute atomic E-state index is 0.116. The van der Waals surface area contributed by atoms with Crippen LogP contribution in [0.2, 0.25) is 5.02 Å². The van der Waals surface area contributed by atoms with E-state index in [4.69, 9.17) is 17.3 Å². The lowest BCUT2D eigenvalue weighted by atomic mass is 9.92. The highest BCUT2D eigenvalue weighted by atomic mass is 35.5. The van der Waals surface area contributed by atoms with Crippen LogP contribution in [-0.4, -0.2) is 26.7 Å². The summed E-state index contributed by atoms with van der Waals surface area (Å²) >= 11 is 7.70. The fourth-order valence-corrected chi connectivity index (χ4v) is 4.06. The second-order valence-electron chi connectivity index (χ2n) is 6.31. The monoisotopic (exact) mass is 374 g/mol. The number of thioether (sulfide) groups is 1. The predicted molar refractivity (Wildman–Crippen MR) is 102 cm³/mol. The summed E-state index contributed by atoms with van der Waals surface area (Å²) in [6.07, 6.45) is 4.43. The minimum atomic E-state index is -0.450. The average Bonchev–Trinajstić information content (AvgIpc) is 2.54. The Morgan fingerprint density at radius 3 is 2.92 bits per heavy atom. The Balaban J connectivity index is 1.85. The Labute approximate surface area is 156 Å². The van der Waals surface area contributed by atoms with Gasteiger partial charge in [-0.15, -0.1) is 0 Å². The van der Waals surface area contributed by atoms with Crippen LogP contribution in [0.1, 0.15) is 40.7 Å². The lowest BCUT2D eigenvalue weighted by Crippen LogP contribution is -2.29. The third-order valence-corrected chi connectivity index (χ3v) is 5.26. The van der Waals surface area contributed by atoms with Crippen molar-refractivity contribution in [2.45, 2.75) is 32.2 Å². The van der Waals surface area contributed by atoms with Gasteiger partial charge in [0.15, 0.2) is 11.0 Å². The third kappa shape index (κ3) is 4.02. The first kappa shape index (κ1) is 17.9. The smallest absolute Gasteiger partial charge is 0.187 e. The molecule has 0 unspecified atom stereocenters. The standard InChI is InChI=1S/C18H19ClN4OS/c1-11-7-13(19)16(22-10-11)14(24)8-12-3-5-21-15(9-12)18(2)4-6-25-17(20)23-18/h3,5,7,9-10H,4,6,8H2,1-2H3,(H2,20,23)/t18-/m0/s1. The molecule has 0 saturated carbocycles. The van der Waals surface area contributed by atoms with Crippen molar-refractivity contribution in [1.82, 2.24) is 9.97 Å². The summed E-state index contributed by atoms with van der Waals surface area (Å²) in [7, 11) is 0. The molecule has 1 aliphatic rings. The summed E-state index contributed by atoms with van der Waals surface area (Å²) in [6.45, 7) is 3.91. The molecule has 2 N–H and O–H groups in total. The van der Waals surface area contributed by atoms with Crippen LogP contribution in [0.3, 0.4) is 0 Å². The van der Waals surface area contributed by atoms with Gasteiger partial charge in [-0.05, 0) is 49.6 Å². The molecule has 0 radical (unpaired) electrons. The van der Waals surface area contributed by atoms with Crippen LogP contribution in [0.4, 0.5) is 0 Å². The molecule has 25 heavy (non-hydrogen) atoms. The largest absolute Gasteiger partial charge is 0.379 e. The number of pyridine rings is 2. The lowest BCUT2D eigenvalue weighted by Gasteiger charge is -2.28. The molecular weight excluding hydrogens is 356 g/mol. The normalized spacial score (nSPS) is 20.2. The summed E-state index contributed by atoms with van der Waals surface area (Å²) < 4.78 is 0. The van der Waals surface area contributed by atoms with Gasteiger partial charge in [0.25, 0.3) is 0 Å². The van der Waals surface area contributed by atoms with Crippen LogP contribution in [-0.2, 0) is 12.0 Å². The van der Waals surface area contributed by atoms with Gasteiger partial charge in [-0.1, -0.05) is 23.4 Å². The van der Waals surface area contributed by atoms with Crippen LogP contribution >= 0.6 is 23.4 Å². The number of aliphatic imine (C=N–C) groups is 1. The molecule has 5 nitrogen and oxygen atoms in total. The molecule has 0 aliphatic carbocycles. The van der Waals surface area contributed by atoms with Gasteiger partial charge >= 0.3 is 0 Å². The second kappa shape index (κ2) is 7.14. The highest BCUT2D eigenvalue weighted by Crippen LogP contribution is 2.34. The molecule has 130 valence electrons. The first-order valence-electron chi connectivity index (χ1n) is 7.96. The highest BCUT2D eigenvalue weighted by molar-refractivity contribution is 8.13. The highest BCUT2D eigenvalue weighted by Gasteiger charge is 2.31. The summed E-state index contributed by atoms with van der Waals surface area (Å²) in [5, 5.41) is 0.959. The van der Waals surface area contributed by atoms with Crippen molar-refractivity contribution in [3.8, 4) is 0 Å². The van der Waals surface area contributed by atoms with E-state index >= 15 is 0 Å². The number of carbonyl (C=O) groups excluding carboxylic acids is 1. The number of Topliss-reactive ketones (excluding diaryl/α,β-unsaturated/α-hetero) is 1. The SMILES string of the molecule is Cc1cnc(C(=O)Cc2ccnc([C@]3(C)CCSC(N)=N3)c2)c(Cl)c1. The van der Waals surface area contributed by atoms with Crippen molar-refractivity contribution in [2.24, 2.45) is 10.7 Å². The molecule has 3 heterocycles. The van der Waals surface area contributed by atoms with Crippen molar-refractivity contribution >= 4 is 34.3 Å². The van der Waals surface area contributed by atoms with E-state index in [0.717, 1.165) is 29.0 Å². The number of hydrogen-bond donors (Lipinski definition) is 1. The summed E-state index contributed by atoms with van der Waals surface area (Å²) in [4.78, 5) is 25.7. The van der Waals surface area contributed by atoms with Crippen molar-refractivity contribution < 1.29 is 4.79 Å². The van der Waals surface area contributed by atoms with Crippen molar-refractivity contribution in [3.05, 3.63) is 58.1 Å². The fourth-order valence-electron chi connectivity index (χ4n) is 2.76. The van der Waals surface area contributed by atoms with E-state index in [1.165, 1.54) is 0 Å². The molecule has 0 aromatic carbocycles. The topological polar surface area (TPSA) is 81.2 Å². The quantitative estimate of drug-likeness (QED) is 0.828. The first-order chi connectivity index (χ1) is 11.9. The summed E-state index contributed by atoms with van der Waals surface area (Å²) in [5.41, 5.74) is 8.34. The number of halogens is 1. The number of amidine groups is 1. The Hall–Kier alpha value is -1.92. The minimum Gasteiger partial charge on any atom is -0.379 e. The zero-order valence-corrected chi connectivity index (χ0v) is 15.7. The molecule has 1 aliphatic heterocycles. The van der Waals surface area contributed by atoms with Gasteiger partial charge in [-0.25, -0.2) is 4.99 Å². The number of ketones is 1. The molecular formula is C18H19ClN4OS. The van der Waals surface area contributed by atoms with Crippen LogP contribution in [0.25, 0.3) is 0 Å². The summed E-state index contributed by atoms with van der Waals surface area (Å²) in [6, 6.07) is 5.50. The van der Waals surface area contributed by atoms with Crippen molar-refractivity contribution in [3.63, 3.8) is 0 Å². The predicted octanol–water partition coefficient (Wildman–Crippen LogP) is 3.53. The maximum atomic E-state index is 12.5. The lowest BCUT2D eigenvalue weighted by molar-refractivity contribution is 0.0988. The van der Waals surface area contributed by atoms with E-state index < -0.39 is 5.54 Å². The van der Waals surface area contributed by atoms with Gasteiger partial charge in [0.1, 0.15) is 11.2 Å². The Kier molecular flexibility index (Phi) is 5.11.